The van der Waals surface area contributed by atoms with Gasteiger partial charge in [0.1, 0.15) is 0 Å². The van der Waals surface area contributed by atoms with E-state index in [1.54, 1.807) is 0 Å². The van der Waals surface area contributed by atoms with Gasteiger partial charge >= 0.3 is 0 Å². The van der Waals surface area contributed by atoms with Crippen molar-refractivity contribution in [2.45, 2.75) is 39.4 Å². The van der Waals surface area contributed by atoms with Crippen LogP contribution in [0.15, 0.2) is 54.6 Å². The summed E-state index contributed by atoms with van der Waals surface area (Å²) in [5, 5.41) is 3.10. The van der Waals surface area contributed by atoms with Crippen LogP contribution in [0.1, 0.15) is 36.5 Å². The molecule has 1 N–H and O–H groups in total. The first-order chi connectivity index (χ1) is 13.6. The van der Waals surface area contributed by atoms with E-state index in [1.807, 2.05) is 30.1 Å². The lowest BCUT2D eigenvalue weighted by Gasteiger charge is -2.31. The first kappa shape index (κ1) is 20.6. The van der Waals surface area contributed by atoms with Crippen LogP contribution in [0.2, 0.25) is 0 Å². The van der Waals surface area contributed by atoms with Gasteiger partial charge in [-0.25, -0.2) is 0 Å². The molecule has 2 aromatic rings. The van der Waals surface area contributed by atoms with Gasteiger partial charge in [0.15, 0.2) is 0 Å². The van der Waals surface area contributed by atoms with Gasteiger partial charge in [-0.1, -0.05) is 61.5 Å². The molecule has 1 atom stereocenters. The van der Waals surface area contributed by atoms with Crippen molar-refractivity contribution in [3.63, 3.8) is 0 Å². The van der Waals surface area contributed by atoms with Crippen molar-refractivity contribution in [1.29, 1.82) is 0 Å². The Morgan fingerprint density at radius 3 is 2.57 bits per heavy atom. The van der Waals surface area contributed by atoms with E-state index in [1.165, 1.54) is 42.6 Å². The van der Waals surface area contributed by atoms with Gasteiger partial charge in [-0.2, -0.15) is 0 Å². The maximum atomic E-state index is 12.4. The summed E-state index contributed by atoms with van der Waals surface area (Å²) >= 11 is 0. The van der Waals surface area contributed by atoms with E-state index in [0.29, 0.717) is 13.1 Å². The van der Waals surface area contributed by atoms with Crippen LogP contribution in [0.3, 0.4) is 0 Å². The number of benzene rings is 2. The van der Waals surface area contributed by atoms with E-state index < -0.39 is 0 Å². The molecule has 1 aliphatic rings. The highest BCUT2D eigenvalue weighted by molar-refractivity contribution is 5.78. The normalized spacial score (nSPS) is 17.6. The largest absolute Gasteiger partial charge is 0.351 e. The fourth-order valence-electron chi connectivity index (χ4n) is 4.00. The van der Waals surface area contributed by atoms with Crippen LogP contribution in [0.5, 0.6) is 0 Å². The monoisotopic (exact) mass is 379 g/mol. The summed E-state index contributed by atoms with van der Waals surface area (Å²) in [5.41, 5.74) is 3.77. The molecule has 2 aromatic carbocycles. The second-order valence-corrected chi connectivity index (χ2v) is 8.19. The molecule has 1 saturated heterocycles. The standard InChI is InChI=1S/C24H33N3O/c1-20-9-8-14-27(16-20)18-23-13-7-6-12-22(23)15-25-24(28)19-26(2)17-21-10-4-3-5-11-21/h3-7,10-13,20H,8-9,14-19H2,1-2H3,(H,25,28). The van der Waals surface area contributed by atoms with E-state index in [4.69, 9.17) is 0 Å². The minimum absolute atomic E-state index is 0.0693. The summed E-state index contributed by atoms with van der Waals surface area (Å²) in [4.78, 5) is 17.0. The van der Waals surface area contributed by atoms with Gasteiger partial charge in [-0.15, -0.1) is 0 Å². The number of hydrogen-bond acceptors (Lipinski definition) is 3. The molecule has 0 spiro atoms. The molecule has 1 fully saturated rings. The van der Waals surface area contributed by atoms with Gasteiger partial charge in [-0.05, 0) is 49.0 Å². The van der Waals surface area contributed by atoms with E-state index in [9.17, 15) is 4.79 Å². The number of carbonyl (C=O) groups excluding carboxylic acids is 1. The number of carbonyl (C=O) groups is 1. The van der Waals surface area contributed by atoms with Crippen molar-refractivity contribution in [2.24, 2.45) is 5.92 Å². The van der Waals surface area contributed by atoms with E-state index in [0.717, 1.165) is 19.0 Å². The van der Waals surface area contributed by atoms with E-state index >= 15 is 0 Å². The molecule has 1 amide bonds. The Morgan fingerprint density at radius 1 is 1.11 bits per heavy atom. The van der Waals surface area contributed by atoms with Gasteiger partial charge < -0.3 is 5.32 Å². The Labute approximate surface area is 169 Å². The minimum Gasteiger partial charge on any atom is -0.351 e. The lowest BCUT2D eigenvalue weighted by molar-refractivity contribution is -0.122. The Balaban J connectivity index is 1.49. The highest BCUT2D eigenvalue weighted by Gasteiger charge is 2.17. The number of rotatable bonds is 8. The molecule has 4 nitrogen and oxygen atoms in total. The number of amides is 1. The van der Waals surface area contributed by atoms with Gasteiger partial charge in [0, 0.05) is 26.2 Å². The van der Waals surface area contributed by atoms with Crippen molar-refractivity contribution < 1.29 is 4.79 Å². The summed E-state index contributed by atoms with van der Waals surface area (Å²) in [7, 11) is 1.98. The smallest absolute Gasteiger partial charge is 0.234 e. The number of piperidine rings is 1. The molecule has 1 heterocycles. The average Bonchev–Trinajstić information content (AvgIpc) is 2.68. The van der Waals surface area contributed by atoms with Crippen LogP contribution >= 0.6 is 0 Å². The lowest BCUT2D eigenvalue weighted by Crippen LogP contribution is -2.35. The first-order valence-electron chi connectivity index (χ1n) is 10.4. The molecule has 0 bridgehead atoms. The summed E-state index contributed by atoms with van der Waals surface area (Å²) in [6.45, 7) is 7.44. The Bertz CT molecular complexity index is 747. The van der Waals surface area contributed by atoms with Crippen molar-refractivity contribution in [3.05, 3.63) is 71.3 Å². The third-order valence-corrected chi connectivity index (χ3v) is 5.44. The second kappa shape index (κ2) is 10.4. The zero-order valence-corrected chi connectivity index (χ0v) is 17.2. The first-order valence-corrected chi connectivity index (χ1v) is 10.4. The minimum atomic E-state index is 0.0693. The van der Waals surface area contributed by atoms with Crippen molar-refractivity contribution >= 4 is 5.91 Å². The predicted molar refractivity (Wildman–Crippen MR) is 115 cm³/mol. The van der Waals surface area contributed by atoms with Gasteiger partial charge in [0.05, 0.1) is 6.54 Å². The molecule has 28 heavy (non-hydrogen) atoms. The van der Waals surface area contributed by atoms with Crippen LogP contribution in [0.25, 0.3) is 0 Å². The summed E-state index contributed by atoms with van der Waals surface area (Å²) in [6, 6.07) is 18.7. The molecule has 4 heteroatoms. The Hall–Kier alpha value is -2.17. The summed E-state index contributed by atoms with van der Waals surface area (Å²) in [6.07, 6.45) is 2.62. The Kier molecular flexibility index (Phi) is 7.63. The Morgan fingerprint density at radius 2 is 1.82 bits per heavy atom. The molecular formula is C24H33N3O. The van der Waals surface area contributed by atoms with Crippen molar-refractivity contribution in [2.75, 3.05) is 26.7 Å². The molecular weight excluding hydrogens is 346 g/mol. The summed E-state index contributed by atoms with van der Waals surface area (Å²) < 4.78 is 0. The molecule has 1 aliphatic heterocycles. The average molecular weight is 380 g/mol. The van der Waals surface area contributed by atoms with Gasteiger partial charge in [0.2, 0.25) is 5.91 Å². The summed E-state index contributed by atoms with van der Waals surface area (Å²) in [5.74, 6) is 0.848. The van der Waals surface area contributed by atoms with Gasteiger partial charge in [0.25, 0.3) is 0 Å². The topological polar surface area (TPSA) is 35.6 Å². The van der Waals surface area contributed by atoms with Crippen LogP contribution in [0.4, 0.5) is 0 Å². The number of nitrogens with one attached hydrogen (secondary N) is 1. The van der Waals surface area contributed by atoms with E-state index in [-0.39, 0.29) is 5.91 Å². The molecule has 3 rings (SSSR count). The third kappa shape index (κ3) is 6.47. The highest BCUT2D eigenvalue weighted by Crippen LogP contribution is 2.19. The molecule has 0 aromatic heterocycles. The van der Waals surface area contributed by atoms with Gasteiger partial charge in [-0.3, -0.25) is 14.6 Å². The predicted octanol–water partition coefficient (Wildman–Crippen LogP) is 3.67. The van der Waals surface area contributed by atoms with Crippen LogP contribution in [0, 0.1) is 5.92 Å². The number of likely N-dealkylation sites (tertiary alicyclic amines) is 1. The molecule has 150 valence electrons. The number of hydrogen-bond donors (Lipinski definition) is 1. The fourth-order valence-corrected chi connectivity index (χ4v) is 4.00. The van der Waals surface area contributed by atoms with Crippen LogP contribution in [-0.2, 0) is 24.4 Å². The molecule has 0 aliphatic carbocycles. The third-order valence-electron chi connectivity index (χ3n) is 5.44. The lowest BCUT2D eigenvalue weighted by atomic mass is 9.99. The quantitative estimate of drug-likeness (QED) is 0.760. The fraction of sp³-hybridized carbons (Fsp3) is 0.458. The maximum absolute atomic E-state index is 12.4. The zero-order chi connectivity index (χ0) is 19.8. The number of nitrogens with zero attached hydrogens (tertiary/aromatic N) is 2. The van der Waals surface area contributed by atoms with Crippen molar-refractivity contribution in [3.8, 4) is 0 Å². The van der Waals surface area contributed by atoms with Crippen LogP contribution < -0.4 is 5.32 Å². The van der Waals surface area contributed by atoms with Crippen LogP contribution in [-0.4, -0.2) is 42.4 Å². The maximum Gasteiger partial charge on any atom is 0.234 e. The zero-order valence-electron chi connectivity index (χ0n) is 17.2. The SMILES string of the molecule is CC1CCCN(Cc2ccccc2CNC(=O)CN(C)Cc2ccccc2)C1. The molecule has 0 radical (unpaired) electrons. The molecule has 1 unspecified atom stereocenters. The van der Waals surface area contributed by atoms with E-state index in [2.05, 4.69) is 53.5 Å². The highest BCUT2D eigenvalue weighted by atomic mass is 16.2. The second-order valence-electron chi connectivity index (χ2n) is 8.19. The van der Waals surface area contributed by atoms with Crippen molar-refractivity contribution in [1.82, 2.24) is 15.1 Å². The number of likely N-dealkylation sites (N-methyl/N-ethyl adjacent to an activating group) is 1. The molecule has 0 saturated carbocycles.